The maximum absolute atomic E-state index is 12.3. The summed E-state index contributed by atoms with van der Waals surface area (Å²) in [6.07, 6.45) is 0. The van der Waals surface area contributed by atoms with E-state index in [4.69, 9.17) is 5.26 Å². The molecule has 1 rings (SSSR count). The third kappa shape index (κ3) is 3.54. The van der Waals surface area contributed by atoms with Gasteiger partial charge in [-0.25, -0.2) is 8.42 Å². The summed E-state index contributed by atoms with van der Waals surface area (Å²) >= 11 is 6.47. The van der Waals surface area contributed by atoms with Gasteiger partial charge in [0, 0.05) is 22.5 Å². The fraction of sp³-hybridized carbons (Fsp3) is 0.364. The predicted molar refractivity (Wildman–Crippen MR) is 76.4 cm³/mol. The molecule has 0 amide bonds. The molecule has 0 bridgehead atoms. The molecule has 0 spiro atoms. The molecule has 4 nitrogen and oxygen atoms in total. The Balaban J connectivity index is 3.14. The second kappa shape index (κ2) is 6.15. The zero-order valence-corrected chi connectivity index (χ0v) is 13.9. The smallest absolute Gasteiger partial charge is 0.207 e. The summed E-state index contributed by atoms with van der Waals surface area (Å²) in [6.45, 7) is 1.85. The van der Waals surface area contributed by atoms with Gasteiger partial charge in [0.1, 0.15) is 0 Å². The van der Waals surface area contributed by atoms with Gasteiger partial charge in [-0.05, 0) is 41.1 Å². The van der Waals surface area contributed by atoms with Crippen LogP contribution in [0.15, 0.2) is 32.0 Å². The summed E-state index contributed by atoms with van der Waals surface area (Å²) in [5, 5.41) is 8.73. The van der Waals surface area contributed by atoms with Crippen molar-refractivity contribution < 1.29 is 8.42 Å². The van der Waals surface area contributed by atoms with Gasteiger partial charge in [0.15, 0.2) is 0 Å². The van der Waals surface area contributed by atoms with Crippen LogP contribution in [0, 0.1) is 17.2 Å². The first-order chi connectivity index (χ1) is 8.28. The number of sulfonamides is 1. The molecule has 18 heavy (non-hydrogen) atoms. The molecule has 0 aliphatic rings. The van der Waals surface area contributed by atoms with Crippen LogP contribution < -0.4 is 0 Å². The highest BCUT2D eigenvalue weighted by Gasteiger charge is 2.24. The molecule has 7 heteroatoms. The highest BCUT2D eigenvalue weighted by Crippen LogP contribution is 2.27. The Morgan fingerprint density at radius 1 is 1.44 bits per heavy atom. The lowest BCUT2D eigenvalue weighted by Gasteiger charge is -2.19. The molecule has 0 aliphatic carbocycles. The van der Waals surface area contributed by atoms with E-state index in [-0.39, 0.29) is 17.4 Å². The van der Waals surface area contributed by atoms with Gasteiger partial charge >= 0.3 is 0 Å². The highest BCUT2D eigenvalue weighted by atomic mass is 79.9. The molecule has 98 valence electrons. The first kappa shape index (κ1) is 15.6. The summed E-state index contributed by atoms with van der Waals surface area (Å²) < 4.78 is 27.0. The van der Waals surface area contributed by atoms with Crippen molar-refractivity contribution in [3.8, 4) is 6.07 Å². The van der Waals surface area contributed by atoms with Gasteiger partial charge in [0.05, 0.1) is 16.9 Å². The molecular formula is C11H12Br2N2O2S. The van der Waals surface area contributed by atoms with Gasteiger partial charge in [0.2, 0.25) is 10.0 Å². The molecule has 0 aromatic heterocycles. The lowest BCUT2D eigenvalue weighted by Crippen LogP contribution is -2.31. The van der Waals surface area contributed by atoms with E-state index in [2.05, 4.69) is 31.9 Å². The fourth-order valence-electron chi connectivity index (χ4n) is 1.37. The van der Waals surface area contributed by atoms with Crippen molar-refractivity contribution in [2.75, 3.05) is 13.6 Å². The van der Waals surface area contributed by atoms with Crippen LogP contribution >= 0.6 is 31.9 Å². The Morgan fingerprint density at radius 3 is 2.61 bits per heavy atom. The van der Waals surface area contributed by atoms with E-state index in [1.54, 1.807) is 19.1 Å². The molecule has 0 radical (unpaired) electrons. The first-order valence-electron chi connectivity index (χ1n) is 5.10. The second-order valence-corrected chi connectivity index (χ2v) is 7.67. The summed E-state index contributed by atoms with van der Waals surface area (Å²) in [6, 6.07) is 6.97. The molecule has 0 aliphatic heterocycles. The third-order valence-corrected chi connectivity index (χ3v) is 5.64. The van der Waals surface area contributed by atoms with Crippen LogP contribution in [0.5, 0.6) is 0 Å². The Morgan fingerprint density at radius 2 is 2.06 bits per heavy atom. The molecular weight excluding hydrogens is 384 g/mol. The average molecular weight is 396 g/mol. The number of nitrogens with zero attached hydrogens (tertiary/aromatic N) is 2. The van der Waals surface area contributed by atoms with Crippen molar-refractivity contribution in [2.45, 2.75) is 11.8 Å². The summed E-state index contributed by atoms with van der Waals surface area (Å²) in [4.78, 5) is 0.185. The van der Waals surface area contributed by atoms with E-state index in [0.717, 1.165) is 0 Å². The maximum atomic E-state index is 12.3. The van der Waals surface area contributed by atoms with E-state index in [0.29, 0.717) is 8.95 Å². The Hall–Kier alpha value is -0.420. The standard InChI is InChI=1S/C11H12Br2N2O2S/c1-8(6-14)7-15(2)18(16,17)11-5-9(12)3-4-10(11)13/h3-5,8H,7H2,1-2H3. The number of benzene rings is 1. The molecule has 0 heterocycles. The van der Waals surface area contributed by atoms with Gasteiger partial charge in [-0.15, -0.1) is 0 Å². The number of nitriles is 1. The molecule has 1 unspecified atom stereocenters. The van der Waals surface area contributed by atoms with Gasteiger partial charge in [-0.3, -0.25) is 0 Å². The van der Waals surface area contributed by atoms with Crippen LogP contribution in [0.4, 0.5) is 0 Å². The van der Waals surface area contributed by atoms with Crippen molar-refractivity contribution in [1.29, 1.82) is 5.26 Å². The number of halogens is 2. The monoisotopic (exact) mass is 394 g/mol. The van der Waals surface area contributed by atoms with Crippen molar-refractivity contribution in [1.82, 2.24) is 4.31 Å². The van der Waals surface area contributed by atoms with Crippen LogP contribution in [-0.2, 0) is 10.0 Å². The normalized spacial score (nSPS) is 13.3. The largest absolute Gasteiger partial charge is 0.244 e. The van der Waals surface area contributed by atoms with Crippen molar-refractivity contribution >= 4 is 41.9 Å². The van der Waals surface area contributed by atoms with Crippen LogP contribution in [0.25, 0.3) is 0 Å². The van der Waals surface area contributed by atoms with Gasteiger partial charge in [-0.1, -0.05) is 15.9 Å². The predicted octanol–water partition coefficient (Wildman–Crippen LogP) is 2.99. The van der Waals surface area contributed by atoms with E-state index < -0.39 is 10.0 Å². The highest BCUT2D eigenvalue weighted by molar-refractivity contribution is 9.11. The molecule has 1 aromatic carbocycles. The third-order valence-electron chi connectivity index (χ3n) is 2.33. The van der Waals surface area contributed by atoms with Gasteiger partial charge in [0.25, 0.3) is 0 Å². The zero-order valence-electron chi connectivity index (χ0n) is 9.89. The quantitative estimate of drug-likeness (QED) is 0.787. The first-order valence-corrected chi connectivity index (χ1v) is 8.12. The minimum Gasteiger partial charge on any atom is -0.207 e. The number of hydrogen-bond donors (Lipinski definition) is 0. The Labute approximate surface area is 124 Å². The second-order valence-electron chi connectivity index (χ2n) is 3.89. The van der Waals surface area contributed by atoms with Gasteiger partial charge < -0.3 is 0 Å². The summed E-state index contributed by atoms with van der Waals surface area (Å²) in [5.41, 5.74) is 0. The van der Waals surface area contributed by atoms with Crippen molar-refractivity contribution in [3.05, 3.63) is 27.1 Å². The number of hydrogen-bond acceptors (Lipinski definition) is 3. The van der Waals surface area contributed by atoms with Crippen molar-refractivity contribution in [3.63, 3.8) is 0 Å². The summed E-state index contributed by atoms with van der Waals surface area (Å²) in [7, 11) is -2.12. The van der Waals surface area contributed by atoms with E-state index in [9.17, 15) is 8.42 Å². The minimum absolute atomic E-state index is 0.164. The van der Waals surface area contributed by atoms with Crippen LogP contribution in [0.1, 0.15) is 6.92 Å². The summed E-state index contributed by atoms with van der Waals surface area (Å²) in [5.74, 6) is -0.351. The molecule has 0 saturated heterocycles. The zero-order chi connectivity index (χ0) is 13.9. The van der Waals surface area contributed by atoms with Crippen LogP contribution in [0.2, 0.25) is 0 Å². The topological polar surface area (TPSA) is 61.2 Å². The minimum atomic E-state index is -3.59. The molecule has 0 saturated carbocycles. The average Bonchev–Trinajstić information content (AvgIpc) is 2.31. The lowest BCUT2D eigenvalue weighted by atomic mass is 10.2. The molecule has 0 fully saturated rings. The Bertz CT molecular complexity index is 581. The van der Waals surface area contributed by atoms with Crippen molar-refractivity contribution in [2.24, 2.45) is 5.92 Å². The van der Waals surface area contributed by atoms with E-state index >= 15 is 0 Å². The lowest BCUT2D eigenvalue weighted by molar-refractivity contribution is 0.439. The van der Waals surface area contributed by atoms with Crippen LogP contribution in [0.3, 0.4) is 0 Å². The van der Waals surface area contributed by atoms with Crippen LogP contribution in [-0.4, -0.2) is 26.3 Å². The van der Waals surface area contributed by atoms with E-state index in [1.807, 2.05) is 6.07 Å². The number of rotatable bonds is 4. The van der Waals surface area contributed by atoms with E-state index in [1.165, 1.54) is 17.4 Å². The van der Waals surface area contributed by atoms with Gasteiger partial charge in [-0.2, -0.15) is 9.57 Å². The molecule has 0 N–H and O–H groups in total. The Kier molecular flexibility index (Phi) is 5.34. The molecule has 1 atom stereocenters. The SMILES string of the molecule is CC(C#N)CN(C)S(=O)(=O)c1cc(Br)ccc1Br. The molecule has 1 aromatic rings. The fourth-order valence-corrected chi connectivity index (χ4v) is 4.09. The maximum Gasteiger partial charge on any atom is 0.244 e.